The molecule has 2 rings (SSSR count). The van der Waals surface area contributed by atoms with E-state index in [0.717, 1.165) is 18.4 Å². The molecule has 1 aromatic rings. The van der Waals surface area contributed by atoms with Gasteiger partial charge in [-0.25, -0.2) is 0 Å². The lowest BCUT2D eigenvalue weighted by molar-refractivity contribution is 0.00804. The Bertz CT molecular complexity index is 433. The number of hydrogen-bond donors (Lipinski definition) is 2. The molecule has 0 spiro atoms. The molecule has 0 amide bonds. The van der Waals surface area contributed by atoms with Gasteiger partial charge in [0.2, 0.25) is 0 Å². The molecule has 1 unspecified atom stereocenters. The van der Waals surface area contributed by atoms with Crippen molar-refractivity contribution in [1.82, 2.24) is 0 Å². The summed E-state index contributed by atoms with van der Waals surface area (Å²) in [4.78, 5) is 0. The van der Waals surface area contributed by atoms with Crippen LogP contribution in [-0.2, 0) is 0 Å². The Morgan fingerprint density at radius 1 is 1.10 bits per heavy atom. The molecule has 112 valence electrons. The van der Waals surface area contributed by atoms with Crippen molar-refractivity contribution in [3.63, 3.8) is 0 Å². The van der Waals surface area contributed by atoms with Crippen molar-refractivity contribution >= 4 is 0 Å². The van der Waals surface area contributed by atoms with Crippen molar-refractivity contribution in [2.75, 3.05) is 6.54 Å². The molecule has 1 saturated carbocycles. The SMILES string of the molecule is Cc1ccc(C)c(C(O)C2(CN)CCCCCCC2)c1. The van der Waals surface area contributed by atoms with Crippen molar-refractivity contribution < 1.29 is 5.11 Å². The van der Waals surface area contributed by atoms with Crippen LogP contribution in [0.4, 0.5) is 0 Å². The van der Waals surface area contributed by atoms with Crippen LogP contribution in [0.1, 0.15) is 67.7 Å². The average molecular weight is 275 g/mol. The summed E-state index contributed by atoms with van der Waals surface area (Å²) in [5.74, 6) is 0. The lowest BCUT2D eigenvalue weighted by Crippen LogP contribution is -2.37. The molecule has 2 heteroatoms. The van der Waals surface area contributed by atoms with Gasteiger partial charge in [-0.2, -0.15) is 0 Å². The molecule has 1 aliphatic carbocycles. The number of aliphatic hydroxyl groups is 1. The van der Waals surface area contributed by atoms with Crippen molar-refractivity contribution in [2.45, 2.75) is 64.9 Å². The summed E-state index contributed by atoms with van der Waals surface area (Å²) in [6, 6.07) is 6.36. The van der Waals surface area contributed by atoms with E-state index in [0.29, 0.717) is 6.54 Å². The molecule has 3 N–H and O–H groups in total. The zero-order valence-electron chi connectivity index (χ0n) is 13.0. The summed E-state index contributed by atoms with van der Waals surface area (Å²) in [7, 11) is 0. The third-order valence-electron chi connectivity index (χ3n) is 5.07. The molecule has 20 heavy (non-hydrogen) atoms. The second-order valence-electron chi connectivity index (χ2n) is 6.60. The van der Waals surface area contributed by atoms with Gasteiger partial charge in [-0.05, 0) is 37.8 Å². The van der Waals surface area contributed by atoms with Gasteiger partial charge >= 0.3 is 0 Å². The molecule has 0 heterocycles. The first-order chi connectivity index (χ1) is 9.59. The highest BCUT2D eigenvalue weighted by Gasteiger charge is 2.37. The lowest BCUT2D eigenvalue weighted by Gasteiger charge is -2.39. The average Bonchev–Trinajstić information content (AvgIpc) is 2.41. The van der Waals surface area contributed by atoms with Gasteiger partial charge in [-0.3, -0.25) is 0 Å². The Kier molecular flexibility index (Phi) is 5.22. The summed E-state index contributed by atoms with van der Waals surface area (Å²) in [6.45, 7) is 4.76. The minimum Gasteiger partial charge on any atom is -0.388 e. The molecular formula is C18H29NO. The molecule has 0 aromatic heterocycles. The van der Waals surface area contributed by atoms with Crippen LogP contribution < -0.4 is 5.73 Å². The molecule has 1 atom stereocenters. The first-order valence-electron chi connectivity index (χ1n) is 8.04. The largest absolute Gasteiger partial charge is 0.388 e. The predicted octanol–water partition coefficient (Wildman–Crippen LogP) is 4.03. The van der Waals surface area contributed by atoms with Crippen molar-refractivity contribution in [1.29, 1.82) is 0 Å². The Morgan fingerprint density at radius 3 is 2.30 bits per heavy atom. The molecule has 0 radical (unpaired) electrons. The minimum atomic E-state index is -0.425. The number of hydrogen-bond acceptors (Lipinski definition) is 2. The highest BCUT2D eigenvalue weighted by atomic mass is 16.3. The Hall–Kier alpha value is -0.860. The van der Waals surface area contributed by atoms with E-state index in [1.807, 2.05) is 0 Å². The van der Waals surface area contributed by atoms with Gasteiger partial charge in [0.15, 0.2) is 0 Å². The first kappa shape index (κ1) is 15.5. The van der Waals surface area contributed by atoms with Gasteiger partial charge in [0.25, 0.3) is 0 Å². The van der Waals surface area contributed by atoms with Gasteiger partial charge in [0.1, 0.15) is 0 Å². The van der Waals surface area contributed by atoms with E-state index < -0.39 is 6.10 Å². The number of aliphatic hydroxyl groups excluding tert-OH is 1. The zero-order chi connectivity index (χ0) is 14.6. The topological polar surface area (TPSA) is 46.2 Å². The van der Waals surface area contributed by atoms with E-state index in [2.05, 4.69) is 32.0 Å². The highest BCUT2D eigenvalue weighted by molar-refractivity contribution is 5.33. The maximum atomic E-state index is 11.0. The van der Waals surface area contributed by atoms with Gasteiger partial charge in [-0.1, -0.05) is 55.9 Å². The molecule has 0 bridgehead atoms. The van der Waals surface area contributed by atoms with E-state index in [-0.39, 0.29) is 5.41 Å². The van der Waals surface area contributed by atoms with Crippen LogP contribution in [0.15, 0.2) is 18.2 Å². The fourth-order valence-corrected chi connectivity index (χ4v) is 3.58. The summed E-state index contributed by atoms with van der Waals surface area (Å²) < 4.78 is 0. The number of rotatable bonds is 3. The van der Waals surface area contributed by atoms with Crippen LogP contribution in [0.2, 0.25) is 0 Å². The maximum absolute atomic E-state index is 11.0. The van der Waals surface area contributed by atoms with Crippen molar-refractivity contribution in [3.8, 4) is 0 Å². The number of nitrogens with two attached hydrogens (primary N) is 1. The number of benzene rings is 1. The van der Waals surface area contributed by atoms with Gasteiger partial charge in [-0.15, -0.1) is 0 Å². The summed E-state index contributed by atoms with van der Waals surface area (Å²) in [5, 5.41) is 11.0. The molecule has 2 nitrogen and oxygen atoms in total. The van der Waals surface area contributed by atoms with Gasteiger partial charge < -0.3 is 10.8 Å². The second-order valence-corrected chi connectivity index (χ2v) is 6.60. The Morgan fingerprint density at radius 2 is 1.70 bits per heavy atom. The predicted molar refractivity (Wildman–Crippen MR) is 84.7 cm³/mol. The number of aryl methyl sites for hydroxylation is 2. The second kappa shape index (κ2) is 6.73. The van der Waals surface area contributed by atoms with E-state index >= 15 is 0 Å². The smallest absolute Gasteiger partial charge is 0.0860 e. The lowest BCUT2D eigenvalue weighted by atomic mass is 9.69. The normalized spacial score (nSPS) is 21.0. The standard InChI is InChI=1S/C18H29NO/c1-14-8-9-15(2)16(12-14)17(20)18(13-19)10-6-4-3-5-7-11-18/h8-9,12,17,20H,3-7,10-11,13,19H2,1-2H3. The Balaban J connectivity index is 2.30. The van der Waals surface area contributed by atoms with Crippen LogP contribution in [0.5, 0.6) is 0 Å². The summed E-state index contributed by atoms with van der Waals surface area (Å²) in [5.41, 5.74) is 9.47. The molecular weight excluding hydrogens is 246 g/mol. The fraction of sp³-hybridized carbons (Fsp3) is 0.667. The third-order valence-corrected chi connectivity index (χ3v) is 5.07. The third kappa shape index (κ3) is 3.24. The quantitative estimate of drug-likeness (QED) is 0.875. The first-order valence-corrected chi connectivity index (χ1v) is 8.04. The van der Waals surface area contributed by atoms with Crippen LogP contribution >= 0.6 is 0 Å². The van der Waals surface area contributed by atoms with Crippen LogP contribution in [-0.4, -0.2) is 11.7 Å². The van der Waals surface area contributed by atoms with E-state index in [1.165, 1.54) is 43.2 Å². The molecule has 1 aromatic carbocycles. The van der Waals surface area contributed by atoms with Gasteiger partial charge in [0, 0.05) is 12.0 Å². The van der Waals surface area contributed by atoms with E-state index in [9.17, 15) is 5.11 Å². The zero-order valence-corrected chi connectivity index (χ0v) is 13.0. The monoisotopic (exact) mass is 275 g/mol. The molecule has 1 aliphatic rings. The van der Waals surface area contributed by atoms with Crippen LogP contribution in [0.25, 0.3) is 0 Å². The van der Waals surface area contributed by atoms with E-state index in [4.69, 9.17) is 5.73 Å². The van der Waals surface area contributed by atoms with Gasteiger partial charge in [0.05, 0.1) is 6.10 Å². The Labute approximate surface area is 123 Å². The molecule has 1 fully saturated rings. The fourth-order valence-electron chi connectivity index (χ4n) is 3.58. The summed E-state index contributed by atoms with van der Waals surface area (Å²) >= 11 is 0. The maximum Gasteiger partial charge on any atom is 0.0860 e. The molecule has 0 saturated heterocycles. The van der Waals surface area contributed by atoms with Crippen molar-refractivity contribution in [3.05, 3.63) is 34.9 Å². The van der Waals surface area contributed by atoms with E-state index in [1.54, 1.807) is 0 Å². The molecule has 0 aliphatic heterocycles. The van der Waals surface area contributed by atoms with Crippen LogP contribution in [0, 0.1) is 19.3 Å². The van der Waals surface area contributed by atoms with Crippen molar-refractivity contribution in [2.24, 2.45) is 11.1 Å². The highest BCUT2D eigenvalue weighted by Crippen LogP contribution is 2.44. The minimum absolute atomic E-state index is 0.126. The summed E-state index contributed by atoms with van der Waals surface area (Å²) in [6.07, 6.45) is 7.96. The van der Waals surface area contributed by atoms with Crippen LogP contribution in [0.3, 0.4) is 0 Å².